The Morgan fingerprint density at radius 3 is 2.89 bits per heavy atom. The highest BCUT2D eigenvalue weighted by molar-refractivity contribution is 5.36. The Balaban J connectivity index is 2.05. The molecular weight excluding hydrogens is 224 g/mol. The van der Waals surface area contributed by atoms with Crippen LogP contribution in [0.15, 0.2) is 24.3 Å². The smallest absolute Gasteiger partial charge is 0.124 e. The Kier molecular flexibility index (Phi) is 4.61. The van der Waals surface area contributed by atoms with Gasteiger partial charge in [-0.3, -0.25) is 4.90 Å². The van der Waals surface area contributed by atoms with Crippen molar-refractivity contribution in [2.24, 2.45) is 5.73 Å². The van der Waals surface area contributed by atoms with Gasteiger partial charge in [-0.15, -0.1) is 0 Å². The van der Waals surface area contributed by atoms with Gasteiger partial charge in [0.2, 0.25) is 0 Å². The first-order chi connectivity index (χ1) is 8.72. The summed E-state index contributed by atoms with van der Waals surface area (Å²) < 4.78 is 5.65. The molecule has 0 aromatic heterocycles. The third-order valence-corrected chi connectivity index (χ3v) is 3.74. The number of rotatable bonds is 5. The van der Waals surface area contributed by atoms with E-state index in [1.165, 1.54) is 19.4 Å². The Bertz CT molecular complexity index is 381. The van der Waals surface area contributed by atoms with E-state index in [1.54, 1.807) is 0 Å². The van der Waals surface area contributed by atoms with Gasteiger partial charge in [-0.2, -0.15) is 0 Å². The second-order valence-electron chi connectivity index (χ2n) is 5.06. The van der Waals surface area contributed by atoms with Crippen LogP contribution in [0.4, 0.5) is 0 Å². The standard InChI is InChI=1S/C15H24N2O/c1-3-18-15-9-5-4-8-13(15)14(16)11-17-10-6-7-12(17)2/h4-5,8-9,12,14H,3,6-7,10-11,16H2,1-2H3. The molecule has 1 aliphatic heterocycles. The molecule has 3 heteroatoms. The van der Waals surface area contributed by atoms with Gasteiger partial charge in [0.05, 0.1) is 6.61 Å². The lowest BCUT2D eigenvalue weighted by Gasteiger charge is -2.26. The van der Waals surface area contributed by atoms with Crippen LogP contribution in [0.5, 0.6) is 5.75 Å². The topological polar surface area (TPSA) is 38.5 Å². The average molecular weight is 248 g/mol. The fourth-order valence-electron chi connectivity index (χ4n) is 2.69. The molecule has 3 nitrogen and oxygen atoms in total. The van der Waals surface area contributed by atoms with Crippen LogP contribution in [0.1, 0.15) is 38.3 Å². The van der Waals surface area contributed by atoms with E-state index in [9.17, 15) is 0 Å². The first kappa shape index (κ1) is 13.4. The molecule has 0 amide bonds. The normalized spacial score (nSPS) is 22.1. The van der Waals surface area contributed by atoms with Crippen LogP contribution in [0.2, 0.25) is 0 Å². The molecule has 2 N–H and O–H groups in total. The average Bonchev–Trinajstić information content (AvgIpc) is 2.76. The first-order valence-corrected chi connectivity index (χ1v) is 6.93. The molecule has 0 saturated carbocycles. The minimum Gasteiger partial charge on any atom is -0.494 e. The third kappa shape index (κ3) is 3.03. The summed E-state index contributed by atoms with van der Waals surface area (Å²) in [5.41, 5.74) is 7.47. The SMILES string of the molecule is CCOc1ccccc1C(N)CN1CCCC1C. The summed E-state index contributed by atoms with van der Waals surface area (Å²) in [6.45, 7) is 7.07. The Hall–Kier alpha value is -1.06. The second-order valence-corrected chi connectivity index (χ2v) is 5.06. The number of benzene rings is 1. The summed E-state index contributed by atoms with van der Waals surface area (Å²) in [4.78, 5) is 2.48. The molecule has 1 heterocycles. The van der Waals surface area contributed by atoms with E-state index >= 15 is 0 Å². The van der Waals surface area contributed by atoms with Gasteiger partial charge < -0.3 is 10.5 Å². The molecule has 0 radical (unpaired) electrons. The van der Waals surface area contributed by atoms with Gasteiger partial charge in [-0.05, 0) is 39.3 Å². The lowest BCUT2D eigenvalue weighted by molar-refractivity contribution is 0.249. The van der Waals surface area contributed by atoms with Gasteiger partial charge >= 0.3 is 0 Å². The minimum atomic E-state index is 0.0355. The Labute approximate surface area is 110 Å². The molecular formula is C15H24N2O. The molecule has 100 valence electrons. The summed E-state index contributed by atoms with van der Waals surface area (Å²) in [5.74, 6) is 0.930. The lowest BCUT2D eigenvalue weighted by atomic mass is 10.1. The summed E-state index contributed by atoms with van der Waals surface area (Å²) in [7, 11) is 0. The molecule has 0 aliphatic carbocycles. The van der Waals surface area contributed by atoms with Crippen LogP contribution >= 0.6 is 0 Å². The predicted octanol–water partition coefficient (Wildman–Crippen LogP) is 2.57. The van der Waals surface area contributed by atoms with Gasteiger partial charge in [0.15, 0.2) is 0 Å². The van der Waals surface area contributed by atoms with Crippen molar-refractivity contribution >= 4 is 0 Å². The largest absolute Gasteiger partial charge is 0.494 e. The number of likely N-dealkylation sites (tertiary alicyclic amines) is 1. The van der Waals surface area contributed by atoms with Crippen molar-refractivity contribution in [1.82, 2.24) is 4.90 Å². The van der Waals surface area contributed by atoms with E-state index in [-0.39, 0.29) is 6.04 Å². The van der Waals surface area contributed by atoms with Crippen molar-refractivity contribution in [3.05, 3.63) is 29.8 Å². The number of hydrogen-bond acceptors (Lipinski definition) is 3. The Morgan fingerprint density at radius 2 is 2.22 bits per heavy atom. The fraction of sp³-hybridized carbons (Fsp3) is 0.600. The van der Waals surface area contributed by atoms with Crippen molar-refractivity contribution in [3.8, 4) is 5.75 Å². The molecule has 1 aromatic carbocycles. The van der Waals surface area contributed by atoms with E-state index in [4.69, 9.17) is 10.5 Å². The van der Waals surface area contributed by atoms with E-state index in [1.807, 2.05) is 25.1 Å². The van der Waals surface area contributed by atoms with Crippen molar-refractivity contribution in [2.75, 3.05) is 19.7 Å². The van der Waals surface area contributed by atoms with Crippen LogP contribution < -0.4 is 10.5 Å². The zero-order valence-corrected chi connectivity index (χ0v) is 11.4. The molecule has 1 aliphatic rings. The maximum Gasteiger partial charge on any atom is 0.124 e. The van der Waals surface area contributed by atoms with E-state index in [0.717, 1.165) is 17.9 Å². The van der Waals surface area contributed by atoms with Gasteiger partial charge in [-0.25, -0.2) is 0 Å². The molecule has 0 spiro atoms. The molecule has 1 fully saturated rings. The predicted molar refractivity (Wildman–Crippen MR) is 74.8 cm³/mol. The third-order valence-electron chi connectivity index (χ3n) is 3.74. The van der Waals surface area contributed by atoms with Crippen LogP contribution in [0.25, 0.3) is 0 Å². The summed E-state index contributed by atoms with van der Waals surface area (Å²) in [6.07, 6.45) is 2.58. The second kappa shape index (κ2) is 6.21. The number of nitrogens with zero attached hydrogens (tertiary/aromatic N) is 1. The highest BCUT2D eigenvalue weighted by atomic mass is 16.5. The molecule has 0 bridgehead atoms. The van der Waals surface area contributed by atoms with Crippen molar-refractivity contribution in [3.63, 3.8) is 0 Å². The molecule has 1 aromatic rings. The maximum atomic E-state index is 6.35. The van der Waals surface area contributed by atoms with Gasteiger partial charge in [0.1, 0.15) is 5.75 Å². The first-order valence-electron chi connectivity index (χ1n) is 6.93. The van der Waals surface area contributed by atoms with Crippen LogP contribution in [0, 0.1) is 0 Å². The summed E-state index contributed by atoms with van der Waals surface area (Å²) >= 11 is 0. The molecule has 2 unspecified atom stereocenters. The van der Waals surface area contributed by atoms with Crippen LogP contribution in [-0.2, 0) is 0 Å². The van der Waals surface area contributed by atoms with Crippen molar-refractivity contribution < 1.29 is 4.74 Å². The number of para-hydroxylation sites is 1. The molecule has 1 saturated heterocycles. The zero-order valence-electron chi connectivity index (χ0n) is 11.4. The van der Waals surface area contributed by atoms with Crippen molar-refractivity contribution in [1.29, 1.82) is 0 Å². The highest BCUT2D eigenvalue weighted by Crippen LogP contribution is 2.26. The Morgan fingerprint density at radius 1 is 1.44 bits per heavy atom. The summed E-state index contributed by atoms with van der Waals surface area (Å²) in [5, 5.41) is 0. The van der Waals surface area contributed by atoms with E-state index < -0.39 is 0 Å². The minimum absolute atomic E-state index is 0.0355. The fourth-order valence-corrected chi connectivity index (χ4v) is 2.69. The molecule has 2 rings (SSSR count). The van der Waals surface area contributed by atoms with Gasteiger partial charge in [0, 0.05) is 24.2 Å². The lowest BCUT2D eigenvalue weighted by Crippen LogP contribution is -2.34. The van der Waals surface area contributed by atoms with Crippen molar-refractivity contribution in [2.45, 2.75) is 38.8 Å². The zero-order chi connectivity index (χ0) is 13.0. The van der Waals surface area contributed by atoms with Gasteiger partial charge in [0.25, 0.3) is 0 Å². The maximum absolute atomic E-state index is 6.35. The summed E-state index contributed by atoms with van der Waals surface area (Å²) in [6, 6.07) is 8.82. The molecule has 2 atom stereocenters. The highest BCUT2D eigenvalue weighted by Gasteiger charge is 2.23. The van der Waals surface area contributed by atoms with Crippen LogP contribution in [-0.4, -0.2) is 30.6 Å². The molecule has 18 heavy (non-hydrogen) atoms. The number of nitrogens with two attached hydrogens (primary N) is 1. The van der Waals surface area contributed by atoms with E-state index in [0.29, 0.717) is 12.6 Å². The van der Waals surface area contributed by atoms with Gasteiger partial charge in [-0.1, -0.05) is 18.2 Å². The number of ether oxygens (including phenoxy) is 1. The number of hydrogen-bond donors (Lipinski definition) is 1. The quantitative estimate of drug-likeness (QED) is 0.870. The monoisotopic (exact) mass is 248 g/mol. The van der Waals surface area contributed by atoms with Crippen LogP contribution in [0.3, 0.4) is 0 Å². The van der Waals surface area contributed by atoms with E-state index in [2.05, 4.69) is 17.9 Å².